The van der Waals surface area contributed by atoms with Gasteiger partial charge in [0.2, 0.25) is 11.8 Å². The van der Waals surface area contributed by atoms with Crippen LogP contribution in [0.15, 0.2) is 54.6 Å². The molecule has 1 fully saturated rings. The second kappa shape index (κ2) is 9.21. The smallest absolute Gasteiger partial charge is 0.229 e. The summed E-state index contributed by atoms with van der Waals surface area (Å²) in [6.45, 7) is 1.23. The van der Waals surface area contributed by atoms with Crippen LogP contribution < -0.4 is 10.1 Å². The topological polar surface area (TPSA) is 58.6 Å². The number of hydrogen-bond acceptors (Lipinski definition) is 3. The summed E-state index contributed by atoms with van der Waals surface area (Å²) in [4.78, 5) is 26.9. The molecule has 2 aromatic carbocycles. The molecular weight excluding hydrogens is 340 g/mol. The first-order chi connectivity index (χ1) is 13.2. The van der Waals surface area contributed by atoms with E-state index in [1.54, 1.807) is 7.11 Å². The summed E-state index contributed by atoms with van der Waals surface area (Å²) < 4.78 is 5.15. The standard InChI is InChI=1S/C22H26N2O3/c1-27-20-12-9-17(10-13-20)11-14-21(25)24-15-5-6-18(16-24)22(26)23-19-7-3-2-4-8-19/h2-4,7-10,12-13,18H,5-6,11,14-16H2,1H3,(H,23,26). The molecule has 0 spiro atoms. The molecule has 1 saturated heterocycles. The van der Waals surface area contributed by atoms with Gasteiger partial charge in [-0.05, 0) is 49.1 Å². The molecule has 2 aromatic rings. The molecule has 5 heteroatoms. The Morgan fingerprint density at radius 2 is 1.85 bits per heavy atom. The van der Waals surface area contributed by atoms with Crippen molar-refractivity contribution < 1.29 is 14.3 Å². The van der Waals surface area contributed by atoms with Crippen molar-refractivity contribution in [1.29, 1.82) is 0 Å². The minimum Gasteiger partial charge on any atom is -0.497 e. The van der Waals surface area contributed by atoms with Crippen molar-refractivity contribution in [2.24, 2.45) is 5.92 Å². The van der Waals surface area contributed by atoms with Crippen LogP contribution >= 0.6 is 0 Å². The number of rotatable bonds is 6. The summed E-state index contributed by atoms with van der Waals surface area (Å²) >= 11 is 0. The Labute approximate surface area is 160 Å². The van der Waals surface area contributed by atoms with Gasteiger partial charge in [0.25, 0.3) is 0 Å². The van der Waals surface area contributed by atoms with Gasteiger partial charge in [-0.3, -0.25) is 9.59 Å². The normalized spacial score (nSPS) is 16.6. The lowest BCUT2D eigenvalue weighted by Crippen LogP contribution is -2.43. The highest BCUT2D eigenvalue weighted by Crippen LogP contribution is 2.20. The van der Waals surface area contributed by atoms with E-state index in [9.17, 15) is 9.59 Å². The van der Waals surface area contributed by atoms with Crippen molar-refractivity contribution in [2.75, 3.05) is 25.5 Å². The first-order valence-corrected chi connectivity index (χ1v) is 9.42. The number of anilines is 1. The van der Waals surface area contributed by atoms with Crippen molar-refractivity contribution in [2.45, 2.75) is 25.7 Å². The van der Waals surface area contributed by atoms with Crippen LogP contribution in [0, 0.1) is 5.92 Å². The maximum atomic E-state index is 12.6. The second-order valence-electron chi connectivity index (χ2n) is 6.88. The molecular formula is C22H26N2O3. The molecule has 27 heavy (non-hydrogen) atoms. The SMILES string of the molecule is COc1ccc(CCC(=O)N2CCCC(C(=O)Nc3ccccc3)C2)cc1. The van der Waals surface area contributed by atoms with E-state index in [1.165, 1.54) is 0 Å². The molecule has 142 valence electrons. The summed E-state index contributed by atoms with van der Waals surface area (Å²) in [6.07, 6.45) is 2.83. The van der Waals surface area contributed by atoms with E-state index < -0.39 is 0 Å². The average molecular weight is 366 g/mol. The Hall–Kier alpha value is -2.82. The number of para-hydroxylation sites is 1. The third kappa shape index (κ3) is 5.33. The Bertz CT molecular complexity index is 759. The van der Waals surface area contributed by atoms with Crippen LogP contribution in [-0.2, 0) is 16.0 Å². The molecule has 1 heterocycles. The van der Waals surface area contributed by atoms with Crippen LogP contribution in [0.4, 0.5) is 5.69 Å². The van der Waals surface area contributed by atoms with Crippen molar-refractivity contribution in [3.63, 3.8) is 0 Å². The highest BCUT2D eigenvalue weighted by molar-refractivity contribution is 5.93. The zero-order chi connectivity index (χ0) is 19.1. The first kappa shape index (κ1) is 19.0. The third-order valence-corrected chi connectivity index (χ3v) is 4.97. The van der Waals surface area contributed by atoms with E-state index in [4.69, 9.17) is 4.74 Å². The number of likely N-dealkylation sites (tertiary alicyclic amines) is 1. The number of amides is 2. The summed E-state index contributed by atoms with van der Waals surface area (Å²) in [7, 11) is 1.64. The molecule has 1 N–H and O–H groups in total. The molecule has 1 aliphatic heterocycles. The van der Waals surface area contributed by atoms with E-state index in [-0.39, 0.29) is 17.7 Å². The zero-order valence-corrected chi connectivity index (χ0v) is 15.7. The average Bonchev–Trinajstić information content (AvgIpc) is 2.73. The summed E-state index contributed by atoms with van der Waals surface area (Å²) in [5, 5.41) is 2.95. The number of aryl methyl sites for hydroxylation is 1. The lowest BCUT2D eigenvalue weighted by Gasteiger charge is -2.32. The van der Waals surface area contributed by atoms with Crippen molar-refractivity contribution in [3.8, 4) is 5.75 Å². The highest BCUT2D eigenvalue weighted by atomic mass is 16.5. The lowest BCUT2D eigenvalue weighted by molar-refractivity contribution is -0.134. The second-order valence-corrected chi connectivity index (χ2v) is 6.88. The van der Waals surface area contributed by atoms with E-state index in [1.807, 2.05) is 59.5 Å². The van der Waals surface area contributed by atoms with Crippen LogP contribution in [0.3, 0.4) is 0 Å². The van der Waals surface area contributed by atoms with E-state index in [0.717, 1.165) is 36.4 Å². The number of benzene rings is 2. The molecule has 0 aromatic heterocycles. The van der Waals surface area contributed by atoms with Gasteiger partial charge >= 0.3 is 0 Å². The molecule has 0 bridgehead atoms. The van der Waals surface area contributed by atoms with Crippen LogP contribution in [0.1, 0.15) is 24.8 Å². The van der Waals surface area contributed by atoms with Gasteiger partial charge in [0.15, 0.2) is 0 Å². The van der Waals surface area contributed by atoms with E-state index in [2.05, 4.69) is 5.32 Å². The van der Waals surface area contributed by atoms with Gasteiger partial charge < -0.3 is 15.0 Å². The van der Waals surface area contributed by atoms with Gasteiger partial charge in [0, 0.05) is 25.2 Å². The largest absolute Gasteiger partial charge is 0.497 e. The van der Waals surface area contributed by atoms with Crippen molar-refractivity contribution in [3.05, 3.63) is 60.2 Å². The van der Waals surface area contributed by atoms with Crippen LogP contribution in [0.5, 0.6) is 5.75 Å². The molecule has 1 atom stereocenters. The van der Waals surface area contributed by atoms with Gasteiger partial charge in [-0.2, -0.15) is 0 Å². The Kier molecular flexibility index (Phi) is 6.47. The number of nitrogens with zero attached hydrogens (tertiary/aromatic N) is 1. The maximum absolute atomic E-state index is 12.6. The van der Waals surface area contributed by atoms with Crippen molar-refractivity contribution in [1.82, 2.24) is 4.90 Å². The predicted octanol–water partition coefficient (Wildman–Crippen LogP) is 3.51. The minimum absolute atomic E-state index is 0.00569. The molecule has 0 aliphatic carbocycles. The monoisotopic (exact) mass is 366 g/mol. The number of carbonyl (C=O) groups is 2. The fourth-order valence-corrected chi connectivity index (χ4v) is 3.39. The van der Waals surface area contributed by atoms with Gasteiger partial charge in [0.1, 0.15) is 5.75 Å². The molecule has 3 rings (SSSR count). The number of piperidine rings is 1. The lowest BCUT2D eigenvalue weighted by atomic mass is 9.96. The van der Waals surface area contributed by atoms with Crippen molar-refractivity contribution >= 4 is 17.5 Å². The number of carbonyl (C=O) groups excluding carboxylic acids is 2. The maximum Gasteiger partial charge on any atom is 0.229 e. The summed E-state index contributed by atoms with van der Waals surface area (Å²) in [5.74, 6) is 0.772. The van der Waals surface area contributed by atoms with Gasteiger partial charge in [-0.15, -0.1) is 0 Å². The van der Waals surface area contributed by atoms with Crippen LogP contribution in [0.2, 0.25) is 0 Å². The Morgan fingerprint density at radius 1 is 1.11 bits per heavy atom. The minimum atomic E-state index is -0.149. The quantitative estimate of drug-likeness (QED) is 0.851. The molecule has 0 radical (unpaired) electrons. The molecule has 0 saturated carbocycles. The van der Waals surface area contributed by atoms with Gasteiger partial charge in [-0.25, -0.2) is 0 Å². The fourth-order valence-electron chi connectivity index (χ4n) is 3.39. The fraction of sp³-hybridized carbons (Fsp3) is 0.364. The first-order valence-electron chi connectivity index (χ1n) is 9.42. The van der Waals surface area contributed by atoms with Crippen LogP contribution in [0.25, 0.3) is 0 Å². The van der Waals surface area contributed by atoms with E-state index in [0.29, 0.717) is 19.4 Å². The highest BCUT2D eigenvalue weighted by Gasteiger charge is 2.28. The number of ether oxygens (including phenoxy) is 1. The summed E-state index contributed by atoms with van der Waals surface area (Å²) in [5.41, 5.74) is 1.91. The Morgan fingerprint density at radius 3 is 2.56 bits per heavy atom. The summed E-state index contributed by atoms with van der Waals surface area (Å²) in [6, 6.07) is 17.2. The third-order valence-electron chi connectivity index (χ3n) is 4.97. The van der Waals surface area contributed by atoms with Gasteiger partial charge in [0.05, 0.1) is 13.0 Å². The molecule has 5 nitrogen and oxygen atoms in total. The Balaban J connectivity index is 1.50. The van der Waals surface area contributed by atoms with E-state index >= 15 is 0 Å². The molecule has 2 amide bonds. The zero-order valence-electron chi connectivity index (χ0n) is 15.7. The molecule has 1 aliphatic rings. The molecule has 1 unspecified atom stereocenters. The number of nitrogens with one attached hydrogen (secondary N) is 1. The predicted molar refractivity (Wildman–Crippen MR) is 106 cm³/mol. The number of methoxy groups -OCH3 is 1. The van der Waals surface area contributed by atoms with Gasteiger partial charge in [-0.1, -0.05) is 30.3 Å². The van der Waals surface area contributed by atoms with Crippen LogP contribution in [-0.4, -0.2) is 36.9 Å². The number of hydrogen-bond donors (Lipinski definition) is 1.